The molecule has 2 N–H and O–H groups in total. The molecule has 22 heavy (non-hydrogen) atoms. The van der Waals surface area contributed by atoms with Crippen LogP contribution in [0.1, 0.15) is 0 Å². The number of urea groups is 1. The second-order valence-electron chi connectivity index (χ2n) is 4.55. The highest BCUT2D eigenvalue weighted by Gasteiger charge is 2.39. The first-order valence-corrected chi connectivity index (χ1v) is 6.39. The van der Waals surface area contributed by atoms with E-state index in [1.807, 2.05) is 6.07 Å². The van der Waals surface area contributed by atoms with E-state index in [0.29, 0.717) is 5.75 Å². The van der Waals surface area contributed by atoms with Gasteiger partial charge >= 0.3 is 11.9 Å². The first-order chi connectivity index (χ1) is 10.4. The molecule has 114 valence electrons. The molecule has 8 heteroatoms. The van der Waals surface area contributed by atoms with E-state index in [-0.39, 0.29) is 18.2 Å². The maximum Gasteiger partial charge on any atom is 0.445 e. The molecule has 1 aliphatic rings. The number of hydrogen-bond acceptors (Lipinski definition) is 5. The number of nitrogens with two attached hydrogens (primary N) is 1. The number of amidine groups is 1. The largest absolute Gasteiger partial charge is 0.484 e. The molecule has 1 aromatic carbocycles. The minimum Gasteiger partial charge on any atom is -0.484 e. The predicted molar refractivity (Wildman–Crippen MR) is 77.9 cm³/mol. The van der Waals surface area contributed by atoms with Gasteiger partial charge in [0.25, 0.3) is 11.7 Å². The molecule has 0 fully saturated rings. The third-order valence-electron chi connectivity index (χ3n) is 3.03. The first-order valence-electron chi connectivity index (χ1n) is 6.39. The second-order valence-corrected chi connectivity index (χ2v) is 4.55. The molecular formula is C14H15N4O4+. The van der Waals surface area contributed by atoms with E-state index in [9.17, 15) is 14.4 Å². The number of carbonyl (C=O) groups excluding carboxylic acids is 3. The van der Waals surface area contributed by atoms with Crippen LogP contribution in [0.2, 0.25) is 0 Å². The fraction of sp³-hybridized carbons (Fsp3) is 0.214. The Kier molecular flexibility index (Phi) is 4.31. The Labute approximate surface area is 126 Å². The van der Waals surface area contributed by atoms with E-state index in [2.05, 4.69) is 4.99 Å². The molecule has 4 amide bonds. The lowest BCUT2D eigenvalue weighted by Crippen LogP contribution is -2.55. The summed E-state index contributed by atoms with van der Waals surface area (Å²) in [7, 11) is 2.68. The average Bonchev–Trinajstić information content (AvgIpc) is 2.54. The van der Waals surface area contributed by atoms with Crippen molar-refractivity contribution in [1.29, 1.82) is 0 Å². The van der Waals surface area contributed by atoms with E-state index >= 15 is 0 Å². The lowest BCUT2D eigenvalue weighted by molar-refractivity contribution is -0.401. The number of imide groups is 1. The van der Waals surface area contributed by atoms with Crippen LogP contribution < -0.4 is 10.5 Å². The molecular weight excluding hydrogens is 288 g/mol. The Morgan fingerprint density at radius 3 is 2.59 bits per heavy atom. The number of para-hydroxylation sites is 1. The van der Waals surface area contributed by atoms with Crippen molar-refractivity contribution in [3.63, 3.8) is 0 Å². The zero-order valence-corrected chi connectivity index (χ0v) is 12.1. The van der Waals surface area contributed by atoms with Crippen molar-refractivity contribution in [3.8, 4) is 5.75 Å². The van der Waals surface area contributed by atoms with Crippen LogP contribution in [-0.4, -0.2) is 59.6 Å². The van der Waals surface area contributed by atoms with Crippen LogP contribution in [0.5, 0.6) is 5.75 Å². The van der Waals surface area contributed by atoms with E-state index in [4.69, 9.17) is 10.5 Å². The Bertz CT molecular complexity index is 694. The normalized spacial score (nSPS) is 17.2. The number of amides is 4. The highest BCUT2D eigenvalue weighted by atomic mass is 16.5. The molecule has 0 unspecified atom stereocenters. The van der Waals surface area contributed by atoms with Gasteiger partial charge in [-0.2, -0.15) is 14.5 Å². The topological polar surface area (TPSA) is 105 Å². The number of hydrogen-bond donors (Lipinski definition) is 1. The van der Waals surface area contributed by atoms with Crippen molar-refractivity contribution >= 4 is 29.4 Å². The van der Waals surface area contributed by atoms with Gasteiger partial charge in [-0.3, -0.25) is 4.79 Å². The van der Waals surface area contributed by atoms with Gasteiger partial charge in [0.1, 0.15) is 5.75 Å². The van der Waals surface area contributed by atoms with Crippen molar-refractivity contribution in [2.75, 3.05) is 20.7 Å². The van der Waals surface area contributed by atoms with Crippen LogP contribution >= 0.6 is 0 Å². The summed E-state index contributed by atoms with van der Waals surface area (Å²) in [5, 5.41) is 0. The molecule has 0 spiro atoms. The molecule has 0 saturated carbocycles. The summed E-state index contributed by atoms with van der Waals surface area (Å²) in [6, 6.07) is 8.12. The predicted octanol–water partition coefficient (Wildman–Crippen LogP) is -0.376. The highest BCUT2D eigenvalue weighted by Crippen LogP contribution is 2.08. The molecule has 1 aromatic rings. The standard InChI is InChI=1S/C14H14N4O4/c1-17-12(15)11(13(20)18(2)14(17)21)16-10(19)8-22-9-6-4-3-5-7-9/h3-7,15H,8H2,1-2H3/p+1. The van der Waals surface area contributed by atoms with Gasteiger partial charge in [0, 0.05) is 0 Å². The zero-order valence-electron chi connectivity index (χ0n) is 12.1. The van der Waals surface area contributed by atoms with Gasteiger partial charge in [0.15, 0.2) is 6.61 Å². The minimum atomic E-state index is -0.728. The Morgan fingerprint density at radius 1 is 1.32 bits per heavy atom. The molecule has 0 bridgehead atoms. The van der Waals surface area contributed by atoms with Crippen LogP contribution in [0.3, 0.4) is 0 Å². The summed E-state index contributed by atoms with van der Waals surface area (Å²) in [5.41, 5.74) is 5.40. The number of benzene rings is 1. The monoisotopic (exact) mass is 303 g/mol. The van der Waals surface area contributed by atoms with Gasteiger partial charge in [-0.05, 0) is 12.1 Å². The number of ether oxygens (including phenoxy) is 1. The van der Waals surface area contributed by atoms with Gasteiger partial charge in [-0.1, -0.05) is 18.2 Å². The molecule has 0 radical (unpaired) electrons. The molecule has 0 saturated heterocycles. The van der Waals surface area contributed by atoms with Crippen LogP contribution in [0.4, 0.5) is 4.79 Å². The van der Waals surface area contributed by atoms with Gasteiger partial charge in [0.2, 0.25) is 5.71 Å². The molecule has 8 nitrogen and oxygen atoms in total. The Balaban J connectivity index is 2.15. The summed E-state index contributed by atoms with van der Waals surface area (Å²) in [6.45, 7) is -0.338. The van der Waals surface area contributed by atoms with Gasteiger partial charge in [-0.25, -0.2) is 9.59 Å². The van der Waals surface area contributed by atoms with Crippen LogP contribution in [-0.2, 0) is 9.59 Å². The highest BCUT2D eigenvalue weighted by molar-refractivity contribution is 6.67. The van der Waals surface area contributed by atoms with E-state index in [1.54, 1.807) is 24.3 Å². The van der Waals surface area contributed by atoms with Crippen LogP contribution in [0.15, 0.2) is 35.3 Å². The summed E-state index contributed by atoms with van der Waals surface area (Å²) in [4.78, 5) is 39.9. The van der Waals surface area contributed by atoms with Crippen molar-refractivity contribution < 1.29 is 23.7 Å². The number of carbonyl (C=O) groups is 3. The van der Waals surface area contributed by atoms with Crippen LogP contribution in [0, 0.1) is 0 Å². The second kappa shape index (κ2) is 6.17. The maximum atomic E-state index is 12.0. The molecule has 0 aromatic heterocycles. The van der Waals surface area contributed by atoms with Gasteiger partial charge in [0.05, 0.1) is 14.1 Å². The first kappa shape index (κ1) is 15.4. The third kappa shape index (κ3) is 3.00. The molecule has 1 heterocycles. The third-order valence-corrected chi connectivity index (χ3v) is 3.03. The average molecular weight is 303 g/mol. The summed E-state index contributed by atoms with van der Waals surface area (Å²) >= 11 is 0. The fourth-order valence-corrected chi connectivity index (χ4v) is 1.77. The molecule has 0 aliphatic carbocycles. The van der Waals surface area contributed by atoms with Crippen molar-refractivity contribution in [3.05, 3.63) is 30.3 Å². The van der Waals surface area contributed by atoms with E-state index < -0.39 is 17.8 Å². The maximum absolute atomic E-state index is 12.0. The Morgan fingerprint density at radius 2 is 1.95 bits per heavy atom. The fourth-order valence-electron chi connectivity index (χ4n) is 1.77. The minimum absolute atomic E-state index is 0.166. The van der Waals surface area contributed by atoms with Gasteiger partial charge in [-0.15, -0.1) is 0 Å². The van der Waals surface area contributed by atoms with Crippen molar-refractivity contribution in [2.24, 2.45) is 10.7 Å². The quantitative estimate of drug-likeness (QED) is 0.767. The van der Waals surface area contributed by atoms with Crippen molar-refractivity contribution in [1.82, 2.24) is 4.90 Å². The SMILES string of the molecule is CN1C(=O)C(=NC(=O)COc2ccccc2)C(N)=[N+](C)C1=O. The van der Waals surface area contributed by atoms with Gasteiger partial charge < -0.3 is 10.5 Å². The van der Waals surface area contributed by atoms with E-state index in [0.717, 1.165) is 9.48 Å². The molecule has 0 atom stereocenters. The number of nitrogens with zero attached hydrogens (tertiary/aromatic N) is 3. The lowest BCUT2D eigenvalue weighted by Gasteiger charge is -2.17. The molecule has 1 aliphatic heterocycles. The summed E-state index contributed by atoms with van der Waals surface area (Å²) in [6.07, 6.45) is 0. The number of rotatable bonds is 3. The van der Waals surface area contributed by atoms with Crippen LogP contribution in [0.25, 0.3) is 0 Å². The lowest BCUT2D eigenvalue weighted by atomic mass is 10.2. The number of aliphatic imine (C=N–C) groups is 1. The molecule has 2 rings (SSSR count). The zero-order chi connectivity index (χ0) is 16.3. The smallest absolute Gasteiger partial charge is 0.445 e. The van der Waals surface area contributed by atoms with Crippen molar-refractivity contribution in [2.45, 2.75) is 0 Å². The summed E-state index contributed by atoms with van der Waals surface area (Å²) < 4.78 is 6.29. The van der Waals surface area contributed by atoms with E-state index in [1.165, 1.54) is 14.1 Å². The summed E-state index contributed by atoms with van der Waals surface area (Å²) in [5.74, 6) is -1.06. The Hall–Kier alpha value is -3.03.